The highest BCUT2D eigenvalue weighted by molar-refractivity contribution is 5.35. The highest BCUT2D eigenvalue weighted by Gasteiger charge is 2.04. The first-order valence-corrected chi connectivity index (χ1v) is 15.2. The van der Waals surface area contributed by atoms with Crippen LogP contribution in [0.5, 0.6) is 5.75 Å². The van der Waals surface area contributed by atoms with Crippen LogP contribution in [0.15, 0.2) is 24.3 Å². The molecule has 0 aliphatic rings. The van der Waals surface area contributed by atoms with Crippen molar-refractivity contribution in [2.45, 2.75) is 58.3 Å². The highest BCUT2D eigenvalue weighted by Crippen LogP contribution is 2.17. The predicted octanol–water partition coefficient (Wildman–Crippen LogP) is 5.23. The van der Waals surface area contributed by atoms with Gasteiger partial charge in [0.25, 0.3) is 5.69 Å². The van der Waals surface area contributed by atoms with Crippen molar-refractivity contribution in [3.05, 3.63) is 34.4 Å². The lowest BCUT2D eigenvalue weighted by atomic mass is 10.1. The Balaban J connectivity index is 1.67. The Morgan fingerprint density at radius 1 is 0.488 bits per heavy atom. The topological polar surface area (TPSA) is 117 Å². The Morgan fingerprint density at radius 3 is 1.22 bits per heavy atom. The van der Waals surface area contributed by atoms with Crippen LogP contribution in [0, 0.1) is 10.1 Å². The number of hydrogen-bond donors (Lipinski definition) is 0. The molecule has 0 aliphatic heterocycles. The van der Waals surface area contributed by atoms with Crippen LogP contribution in [0.1, 0.15) is 58.3 Å². The summed E-state index contributed by atoms with van der Waals surface area (Å²) in [5.74, 6) is 0.565. The lowest BCUT2D eigenvalue weighted by molar-refractivity contribution is -0.384. The Hall–Kier alpha value is -1.86. The third-order valence-corrected chi connectivity index (χ3v) is 5.92. The summed E-state index contributed by atoms with van der Waals surface area (Å²) in [5.41, 5.74) is 0.0327. The molecule has 0 saturated heterocycles. The Morgan fingerprint density at radius 2 is 0.829 bits per heavy atom. The molecule has 0 saturated carbocycles. The molecule has 0 bridgehead atoms. The SMILES string of the molecule is CCCCCCCCCCOCCOCCOCCOCCOCCOCCOCCOc1ccc([N+](=O)[O-])cc1. The Labute approximate surface area is 246 Å². The molecule has 41 heavy (non-hydrogen) atoms. The van der Waals surface area contributed by atoms with E-state index in [0.29, 0.717) is 98.2 Å². The van der Waals surface area contributed by atoms with Crippen molar-refractivity contribution in [1.82, 2.24) is 0 Å². The maximum absolute atomic E-state index is 10.6. The van der Waals surface area contributed by atoms with Gasteiger partial charge in [0.05, 0.1) is 90.8 Å². The number of benzene rings is 1. The van der Waals surface area contributed by atoms with Crippen molar-refractivity contribution in [3.8, 4) is 5.75 Å². The zero-order valence-corrected chi connectivity index (χ0v) is 25.1. The van der Waals surface area contributed by atoms with Gasteiger partial charge in [-0.3, -0.25) is 10.1 Å². The van der Waals surface area contributed by atoms with Crippen molar-refractivity contribution in [1.29, 1.82) is 0 Å². The summed E-state index contributed by atoms with van der Waals surface area (Å²) in [6.07, 6.45) is 10.5. The maximum Gasteiger partial charge on any atom is 0.269 e. The lowest BCUT2D eigenvalue weighted by Crippen LogP contribution is -2.15. The molecule has 1 rings (SSSR count). The van der Waals surface area contributed by atoms with Gasteiger partial charge in [-0.15, -0.1) is 0 Å². The van der Waals surface area contributed by atoms with Gasteiger partial charge in [0.1, 0.15) is 12.4 Å². The van der Waals surface area contributed by atoms with Crippen LogP contribution >= 0.6 is 0 Å². The highest BCUT2D eigenvalue weighted by atomic mass is 16.6. The molecule has 11 heteroatoms. The summed E-state index contributed by atoms with van der Waals surface area (Å²) in [5, 5.41) is 10.6. The molecule has 0 N–H and O–H groups in total. The number of rotatable bonds is 32. The first-order valence-electron chi connectivity index (χ1n) is 15.2. The van der Waals surface area contributed by atoms with E-state index in [-0.39, 0.29) is 5.69 Å². The lowest BCUT2D eigenvalue weighted by Gasteiger charge is -2.09. The van der Waals surface area contributed by atoms with E-state index in [2.05, 4.69) is 6.92 Å². The summed E-state index contributed by atoms with van der Waals surface area (Å²) >= 11 is 0. The second-order valence-corrected chi connectivity index (χ2v) is 9.36. The normalized spacial score (nSPS) is 11.2. The van der Waals surface area contributed by atoms with Crippen LogP contribution < -0.4 is 4.74 Å². The standard InChI is InChI=1S/C30H53NO10/c1-2-3-4-5-6-7-8-9-14-34-15-16-35-17-18-36-19-20-37-21-22-38-23-24-39-25-26-40-27-28-41-30-12-10-29(11-13-30)31(32)33/h10-13H,2-9,14-28H2,1H3. The van der Waals surface area contributed by atoms with Crippen molar-refractivity contribution in [2.24, 2.45) is 0 Å². The van der Waals surface area contributed by atoms with Crippen molar-refractivity contribution in [3.63, 3.8) is 0 Å². The molecule has 0 spiro atoms. The van der Waals surface area contributed by atoms with E-state index in [1.54, 1.807) is 12.1 Å². The molecule has 1 aromatic carbocycles. The molecule has 1 aromatic rings. The number of nitro groups is 1. The number of nitro benzene ring substituents is 1. The van der Waals surface area contributed by atoms with E-state index in [1.807, 2.05) is 0 Å². The molecule has 0 fully saturated rings. The average molecular weight is 588 g/mol. The van der Waals surface area contributed by atoms with E-state index in [9.17, 15) is 10.1 Å². The molecule has 0 aliphatic carbocycles. The molecular formula is C30H53NO10. The van der Waals surface area contributed by atoms with Crippen LogP contribution in [-0.2, 0) is 33.2 Å². The van der Waals surface area contributed by atoms with Crippen LogP contribution in [-0.4, -0.2) is 104 Å². The second-order valence-electron chi connectivity index (χ2n) is 9.36. The van der Waals surface area contributed by atoms with Gasteiger partial charge in [0, 0.05) is 18.7 Å². The summed E-state index contributed by atoms with van der Waals surface area (Å²) < 4.78 is 43.9. The molecule has 0 heterocycles. The van der Waals surface area contributed by atoms with E-state index >= 15 is 0 Å². The van der Waals surface area contributed by atoms with Gasteiger partial charge in [-0.1, -0.05) is 51.9 Å². The summed E-state index contributed by atoms with van der Waals surface area (Å²) in [6.45, 7) is 10.1. The van der Waals surface area contributed by atoms with E-state index in [1.165, 1.54) is 57.1 Å². The summed E-state index contributed by atoms with van der Waals surface area (Å²) in [7, 11) is 0. The molecular weight excluding hydrogens is 534 g/mol. The van der Waals surface area contributed by atoms with Crippen LogP contribution in [0.2, 0.25) is 0 Å². The number of hydrogen-bond acceptors (Lipinski definition) is 10. The van der Waals surface area contributed by atoms with Gasteiger partial charge >= 0.3 is 0 Å². The molecule has 0 aromatic heterocycles. The zero-order chi connectivity index (χ0) is 29.5. The van der Waals surface area contributed by atoms with Crippen LogP contribution in [0.3, 0.4) is 0 Å². The smallest absolute Gasteiger partial charge is 0.269 e. The third kappa shape index (κ3) is 25.6. The first-order chi connectivity index (χ1) is 20.2. The number of non-ortho nitro benzene ring substituents is 1. The molecule has 0 radical (unpaired) electrons. The fourth-order valence-corrected chi connectivity index (χ4v) is 3.64. The second kappa shape index (κ2) is 29.6. The quantitative estimate of drug-likeness (QED) is 0.0630. The fourth-order valence-electron chi connectivity index (χ4n) is 3.64. The van der Waals surface area contributed by atoms with E-state index in [0.717, 1.165) is 13.0 Å². The van der Waals surface area contributed by atoms with Gasteiger partial charge < -0.3 is 37.9 Å². The maximum atomic E-state index is 10.6. The Bertz CT molecular complexity index is 692. The fraction of sp³-hybridized carbons (Fsp3) is 0.800. The molecule has 0 unspecified atom stereocenters. The zero-order valence-electron chi connectivity index (χ0n) is 25.1. The predicted molar refractivity (Wildman–Crippen MR) is 157 cm³/mol. The molecule has 238 valence electrons. The Kier molecular flexibility index (Phi) is 26.9. The summed E-state index contributed by atoms with van der Waals surface area (Å²) in [6, 6.07) is 5.94. The van der Waals surface area contributed by atoms with Crippen molar-refractivity contribution in [2.75, 3.05) is 99.1 Å². The van der Waals surface area contributed by atoms with Crippen LogP contribution in [0.25, 0.3) is 0 Å². The average Bonchev–Trinajstić information content (AvgIpc) is 2.98. The number of nitrogens with zero attached hydrogens (tertiary/aromatic N) is 1. The van der Waals surface area contributed by atoms with Crippen molar-refractivity contribution >= 4 is 5.69 Å². The number of ether oxygens (including phenoxy) is 8. The minimum Gasteiger partial charge on any atom is -0.491 e. The largest absolute Gasteiger partial charge is 0.491 e. The number of unbranched alkanes of at least 4 members (excludes halogenated alkanes) is 7. The minimum absolute atomic E-state index is 0.0327. The molecule has 11 nitrogen and oxygen atoms in total. The van der Waals surface area contributed by atoms with Gasteiger partial charge in [-0.2, -0.15) is 0 Å². The van der Waals surface area contributed by atoms with Crippen molar-refractivity contribution < 1.29 is 42.8 Å². The van der Waals surface area contributed by atoms with Gasteiger partial charge in [-0.25, -0.2) is 0 Å². The van der Waals surface area contributed by atoms with Crippen LogP contribution in [0.4, 0.5) is 5.69 Å². The molecule has 0 atom stereocenters. The summed E-state index contributed by atoms with van der Waals surface area (Å²) in [4.78, 5) is 10.2. The third-order valence-electron chi connectivity index (χ3n) is 5.92. The molecule has 0 amide bonds. The van der Waals surface area contributed by atoms with E-state index < -0.39 is 4.92 Å². The van der Waals surface area contributed by atoms with E-state index in [4.69, 9.17) is 37.9 Å². The minimum atomic E-state index is -0.446. The first kappa shape index (κ1) is 37.2. The van der Waals surface area contributed by atoms with Gasteiger partial charge in [0.15, 0.2) is 0 Å². The van der Waals surface area contributed by atoms with Gasteiger partial charge in [0.2, 0.25) is 0 Å². The monoisotopic (exact) mass is 587 g/mol. The van der Waals surface area contributed by atoms with Gasteiger partial charge in [-0.05, 0) is 18.6 Å².